The first-order chi connectivity index (χ1) is 33.0. The lowest BCUT2D eigenvalue weighted by atomic mass is 9.12. The van der Waals surface area contributed by atoms with Gasteiger partial charge in [-0.15, -0.1) is 0 Å². The van der Waals surface area contributed by atoms with Crippen LogP contribution >= 0.6 is 0 Å². The summed E-state index contributed by atoms with van der Waals surface area (Å²) in [6.07, 6.45) is -48.1. The molecular formula is C44H23BF24N2O2. The van der Waals surface area contributed by atoms with Crippen molar-refractivity contribution >= 4 is 33.8 Å². The molecule has 1 aromatic heterocycles. The Labute approximate surface area is 392 Å². The molecule has 0 radical (unpaired) electrons. The number of alkyl halides is 24. The predicted molar refractivity (Wildman–Crippen MR) is 207 cm³/mol. The van der Waals surface area contributed by atoms with Gasteiger partial charge in [0.1, 0.15) is 11.9 Å². The third-order valence-electron chi connectivity index (χ3n) is 10.6. The van der Waals surface area contributed by atoms with Gasteiger partial charge in [0, 0.05) is 5.56 Å². The van der Waals surface area contributed by atoms with E-state index in [0.717, 1.165) is 0 Å². The number of halogens is 24. The van der Waals surface area contributed by atoms with Crippen LogP contribution in [0.2, 0.25) is 0 Å². The van der Waals surface area contributed by atoms with E-state index in [1.807, 2.05) is 0 Å². The molecule has 1 N–H and O–H groups in total. The Balaban J connectivity index is 0.000000520. The minimum Gasteiger partial charge on any atom is -0.508 e. The topological polar surface area (TPSA) is 54.1 Å². The van der Waals surface area contributed by atoms with Gasteiger partial charge in [-0.05, 0) is 36.4 Å². The van der Waals surface area contributed by atoms with Crippen molar-refractivity contribution in [2.24, 2.45) is 0 Å². The fraction of sp³-hybridized carbons (Fsp3) is 0.205. The van der Waals surface area contributed by atoms with Crippen molar-refractivity contribution in [3.05, 3.63) is 172 Å². The Kier molecular flexibility index (Phi) is 15.2. The lowest BCUT2D eigenvalue weighted by Crippen LogP contribution is -2.75. The minimum absolute atomic E-state index is 0.0490. The third-order valence-corrected chi connectivity index (χ3v) is 10.6. The summed E-state index contributed by atoms with van der Waals surface area (Å²) in [5.41, 5.74) is -29.7. The van der Waals surface area contributed by atoms with Crippen LogP contribution in [-0.4, -0.2) is 22.0 Å². The van der Waals surface area contributed by atoms with E-state index in [1.54, 1.807) is 41.5 Å². The second kappa shape index (κ2) is 19.5. The number of aromatic hydroxyl groups is 1. The Morgan fingerprint density at radius 3 is 0.863 bits per heavy atom. The average molecular weight is 1080 g/mol. The highest BCUT2D eigenvalue weighted by atomic mass is 19.4. The number of carbonyl (C=O) groups excluding carboxylic acids is 1. The summed E-state index contributed by atoms with van der Waals surface area (Å²) in [5.74, 6) is 0.0534. The van der Waals surface area contributed by atoms with Gasteiger partial charge >= 0.3 is 49.4 Å². The van der Waals surface area contributed by atoms with Gasteiger partial charge in [0.05, 0.1) is 56.9 Å². The van der Waals surface area contributed by atoms with E-state index in [-0.39, 0.29) is 18.1 Å². The molecule has 0 unspecified atom stereocenters. The summed E-state index contributed by atoms with van der Waals surface area (Å²) >= 11 is 0. The molecule has 73 heavy (non-hydrogen) atoms. The number of Topliss-reactive ketones (excluding diaryl/α,β-unsaturated/α-hetero) is 1. The van der Waals surface area contributed by atoms with Crippen molar-refractivity contribution < 1.29 is 120 Å². The number of phenolic OH excluding ortho intramolecular Hbond substituents is 1. The van der Waals surface area contributed by atoms with Gasteiger partial charge in [0.2, 0.25) is 12.3 Å². The van der Waals surface area contributed by atoms with Gasteiger partial charge in [-0.2, -0.15) is 132 Å². The first kappa shape index (κ1) is 56.9. The van der Waals surface area contributed by atoms with Crippen LogP contribution in [0.4, 0.5) is 105 Å². The van der Waals surface area contributed by atoms with Crippen molar-refractivity contribution in [1.82, 2.24) is 4.98 Å². The molecule has 29 heteroatoms. The van der Waals surface area contributed by atoms with Crippen LogP contribution in [0.3, 0.4) is 0 Å². The van der Waals surface area contributed by atoms with E-state index in [9.17, 15) is 115 Å². The van der Waals surface area contributed by atoms with Crippen molar-refractivity contribution in [2.45, 2.75) is 56.0 Å². The fourth-order valence-electron chi connectivity index (χ4n) is 7.46. The van der Waals surface area contributed by atoms with Crippen LogP contribution in [0.5, 0.6) is 5.75 Å². The fourth-order valence-corrected chi connectivity index (χ4v) is 7.46. The smallest absolute Gasteiger partial charge is 0.416 e. The van der Waals surface area contributed by atoms with E-state index in [4.69, 9.17) is 0 Å². The summed E-state index contributed by atoms with van der Waals surface area (Å²) in [5, 5.41) is 9.26. The Morgan fingerprint density at radius 1 is 0.397 bits per heavy atom. The van der Waals surface area contributed by atoms with Crippen molar-refractivity contribution in [1.29, 1.82) is 0 Å². The first-order valence-electron chi connectivity index (χ1n) is 19.5. The number of hydrogen-bond donors (Lipinski definition) is 1. The summed E-state index contributed by atoms with van der Waals surface area (Å²) in [4.78, 5) is 15.7. The highest BCUT2D eigenvalue weighted by molar-refractivity contribution is 7.20. The third kappa shape index (κ3) is 13.4. The molecule has 0 amide bonds. The van der Waals surface area contributed by atoms with E-state index < -0.39 is 195 Å². The molecule has 5 aromatic carbocycles. The largest absolute Gasteiger partial charge is 0.508 e. The van der Waals surface area contributed by atoms with Crippen LogP contribution < -0.4 is 26.4 Å². The zero-order valence-corrected chi connectivity index (χ0v) is 35.2. The number of nitrogens with zero attached hydrogens (tertiary/aromatic N) is 2. The molecule has 0 aliphatic heterocycles. The van der Waals surface area contributed by atoms with Gasteiger partial charge in [-0.25, -0.2) is 0 Å². The summed E-state index contributed by atoms with van der Waals surface area (Å²) in [6, 6.07) is -2.47. The molecule has 0 saturated heterocycles. The molecule has 0 saturated carbocycles. The second-order valence-electron chi connectivity index (χ2n) is 15.6. The monoisotopic (exact) mass is 1080 g/mol. The van der Waals surface area contributed by atoms with Gasteiger partial charge in [-0.1, -0.05) is 60.7 Å². The highest BCUT2D eigenvalue weighted by Crippen LogP contribution is 2.41. The standard InChI is InChI=1S/C32H12BF24.C12H10N2O2/c34-25(35,36)13-1-14(26(37,38)39)6-21(5-13)33(22-7-15(27(40,41)42)2-16(8-22)28(43,44)45,23-9-17(29(46,47)48)3-18(10-23)30(49,50)51)24-11-19(31(52,53)54)4-20(12-24)32(55,56)57;15-11-3-1-2-10(8-11)12(16)9-14-6-4-13-5-7-14/h1-12H;1-8H,9H2/q-1;/p+1. The SMILES string of the molecule is FC(F)(F)c1cc([B-](c2cc(C(F)(F)F)cc(C(F)(F)F)c2)(c2cc(C(F)(F)F)cc(C(F)(F)F)c2)c2cc(C(F)(F)F)cc(C(F)(F)F)c2)cc(C(F)(F)F)c1.O=C(C[n+]1ccncc1)c1cccc(O)c1. The Bertz CT molecular complexity index is 2530. The van der Waals surface area contributed by atoms with E-state index in [1.165, 1.54) is 12.1 Å². The van der Waals surface area contributed by atoms with Crippen LogP contribution in [0, 0.1) is 0 Å². The lowest BCUT2D eigenvalue weighted by molar-refractivity contribution is -0.683. The van der Waals surface area contributed by atoms with Crippen LogP contribution in [0.1, 0.15) is 54.9 Å². The van der Waals surface area contributed by atoms with E-state index >= 15 is 0 Å². The maximum atomic E-state index is 14.2. The molecule has 0 bridgehead atoms. The van der Waals surface area contributed by atoms with Gasteiger partial charge in [0.15, 0.2) is 12.4 Å². The first-order valence-corrected chi connectivity index (χ1v) is 19.5. The molecule has 1 heterocycles. The van der Waals surface area contributed by atoms with Crippen molar-refractivity contribution in [3.63, 3.8) is 0 Å². The normalized spacial score (nSPS) is 13.4. The molecule has 0 spiro atoms. The number of phenols is 1. The van der Waals surface area contributed by atoms with Gasteiger partial charge in [-0.3, -0.25) is 9.78 Å². The maximum Gasteiger partial charge on any atom is 0.416 e. The quantitative estimate of drug-likeness (QED) is 0.0750. The number of carbonyl (C=O) groups is 1. The molecule has 0 atom stereocenters. The number of hydrogen-bond acceptors (Lipinski definition) is 3. The molecule has 6 aromatic rings. The van der Waals surface area contributed by atoms with Crippen LogP contribution in [0.25, 0.3) is 0 Å². The summed E-state index contributed by atoms with van der Waals surface area (Å²) in [7, 11) is 0. The van der Waals surface area contributed by atoms with E-state index in [0.29, 0.717) is 5.56 Å². The molecule has 6 rings (SSSR count). The molecule has 4 nitrogen and oxygen atoms in total. The number of aromatic nitrogens is 2. The predicted octanol–water partition coefficient (Wildman–Crippen LogP) is 12.2. The molecule has 392 valence electrons. The Hall–Kier alpha value is -6.97. The van der Waals surface area contributed by atoms with Crippen molar-refractivity contribution in [2.75, 3.05) is 0 Å². The summed E-state index contributed by atoms with van der Waals surface area (Å²) < 4.78 is 343. The number of ketones is 1. The summed E-state index contributed by atoms with van der Waals surface area (Å²) in [6.45, 7) is 0.242. The lowest BCUT2D eigenvalue weighted by Gasteiger charge is -2.46. The zero-order chi connectivity index (χ0) is 55.3. The zero-order valence-electron chi connectivity index (χ0n) is 35.2. The number of rotatable bonds is 7. The maximum absolute atomic E-state index is 14.2. The van der Waals surface area contributed by atoms with Crippen molar-refractivity contribution in [3.8, 4) is 5.75 Å². The van der Waals surface area contributed by atoms with E-state index in [2.05, 4.69) is 4.98 Å². The number of benzene rings is 5. The van der Waals surface area contributed by atoms with Gasteiger partial charge < -0.3 is 5.11 Å². The van der Waals surface area contributed by atoms with Gasteiger partial charge in [0.25, 0.3) is 0 Å². The average Bonchev–Trinajstić information content (AvgIpc) is 3.24. The Morgan fingerprint density at radius 2 is 0.644 bits per heavy atom. The highest BCUT2D eigenvalue weighted by Gasteiger charge is 2.47. The van der Waals surface area contributed by atoms with Crippen LogP contribution in [0.15, 0.2) is 122 Å². The molecule has 0 aliphatic carbocycles. The molecular weight excluding hydrogens is 1060 g/mol. The second-order valence-corrected chi connectivity index (χ2v) is 15.6. The molecule has 0 aliphatic rings. The van der Waals surface area contributed by atoms with Crippen LogP contribution in [-0.2, 0) is 56.0 Å². The molecule has 0 fully saturated rings. The minimum atomic E-state index is -6.13.